The number of piperazine rings is 1. The minimum atomic E-state index is 0.119. The SMILES string of the molecule is CNCC(=O)N1CCN(c2ccc(OC)c(OC3CCCC3)c2)CC1Cc1ccccc1. The standard InChI is InChI=1S/C26H35N3O3/c1-27-18-26(30)29-15-14-28(19-22(29)16-20-8-4-3-5-9-20)21-12-13-24(31-2)25(17-21)32-23-10-6-7-11-23/h3-5,8-9,12-13,17,22-23,27H,6-7,10-11,14-16,18-19H2,1-2H3. The van der Waals surface area contributed by atoms with Gasteiger partial charge in [-0.2, -0.15) is 0 Å². The molecule has 0 spiro atoms. The fraction of sp³-hybridized carbons (Fsp3) is 0.500. The molecular formula is C26H35N3O3. The van der Waals surface area contributed by atoms with Crippen LogP contribution in [0.3, 0.4) is 0 Å². The van der Waals surface area contributed by atoms with E-state index in [9.17, 15) is 4.79 Å². The topological polar surface area (TPSA) is 54.0 Å². The van der Waals surface area contributed by atoms with Gasteiger partial charge in [-0.25, -0.2) is 0 Å². The molecular weight excluding hydrogens is 402 g/mol. The Morgan fingerprint density at radius 3 is 2.56 bits per heavy atom. The van der Waals surface area contributed by atoms with Gasteiger partial charge in [-0.3, -0.25) is 4.79 Å². The average Bonchev–Trinajstić information content (AvgIpc) is 3.33. The van der Waals surface area contributed by atoms with E-state index in [0.717, 1.165) is 49.5 Å². The Bertz CT molecular complexity index is 883. The molecule has 1 aliphatic carbocycles. The van der Waals surface area contributed by atoms with Gasteiger partial charge in [0.1, 0.15) is 0 Å². The van der Waals surface area contributed by atoms with E-state index >= 15 is 0 Å². The molecule has 2 aliphatic rings. The van der Waals surface area contributed by atoms with Gasteiger partial charge in [-0.15, -0.1) is 0 Å². The van der Waals surface area contributed by atoms with Crippen molar-refractivity contribution in [3.63, 3.8) is 0 Å². The van der Waals surface area contributed by atoms with E-state index in [4.69, 9.17) is 9.47 Å². The van der Waals surface area contributed by atoms with E-state index in [1.54, 1.807) is 7.11 Å². The minimum absolute atomic E-state index is 0.119. The van der Waals surface area contributed by atoms with E-state index in [1.165, 1.54) is 18.4 Å². The summed E-state index contributed by atoms with van der Waals surface area (Å²) in [5.41, 5.74) is 2.37. The second-order valence-electron chi connectivity index (χ2n) is 8.77. The van der Waals surface area contributed by atoms with Gasteiger partial charge in [0.25, 0.3) is 0 Å². The smallest absolute Gasteiger partial charge is 0.236 e. The number of hydrogen-bond donors (Lipinski definition) is 1. The van der Waals surface area contributed by atoms with Crippen molar-refractivity contribution in [1.29, 1.82) is 0 Å². The van der Waals surface area contributed by atoms with E-state index in [1.807, 2.05) is 24.1 Å². The van der Waals surface area contributed by atoms with E-state index in [0.29, 0.717) is 13.1 Å². The van der Waals surface area contributed by atoms with Gasteiger partial charge < -0.3 is 24.6 Å². The number of ether oxygens (including phenoxy) is 2. The van der Waals surface area contributed by atoms with Crippen molar-refractivity contribution in [2.45, 2.75) is 44.2 Å². The first-order valence-corrected chi connectivity index (χ1v) is 11.8. The largest absolute Gasteiger partial charge is 0.493 e. The maximum Gasteiger partial charge on any atom is 0.236 e. The summed E-state index contributed by atoms with van der Waals surface area (Å²) in [6, 6.07) is 16.8. The molecule has 1 atom stereocenters. The zero-order chi connectivity index (χ0) is 22.3. The van der Waals surface area contributed by atoms with Gasteiger partial charge in [-0.05, 0) is 56.8 Å². The molecule has 2 aromatic carbocycles. The number of carbonyl (C=O) groups excluding carboxylic acids is 1. The fourth-order valence-corrected chi connectivity index (χ4v) is 4.87. The number of methoxy groups -OCH3 is 1. The van der Waals surface area contributed by atoms with Crippen molar-refractivity contribution in [2.75, 3.05) is 45.2 Å². The number of carbonyl (C=O) groups is 1. The molecule has 0 radical (unpaired) electrons. The van der Waals surface area contributed by atoms with Gasteiger partial charge in [-0.1, -0.05) is 30.3 Å². The van der Waals surface area contributed by atoms with Crippen LogP contribution in [0.1, 0.15) is 31.2 Å². The molecule has 172 valence electrons. The highest BCUT2D eigenvalue weighted by Crippen LogP contribution is 2.35. The lowest BCUT2D eigenvalue weighted by Gasteiger charge is -2.43. The molecule has 0 bridgehead atoms. The van der Waals surface area contributed by atoms with Crippen molar-refractivity contribution >= 4 is 11.6 Å². The van der Waals surface area contributed by atoms with E-state index < -0.39 is 0 Å². The molecule has 2 fully saturated rings. The lowest BCUT2D eigenvalue weighted by atomic mass is 10.0. The number of amides is 1. The second kappa shape index (κ2) is 10.7. The third kappa shape index (κ3) is 5.36. The van der Waals surface area contributed by atoms with Crippen molar-refractivity contribution in [3.8, 4) is 11.5 Å². The third-order valence-electron chi connectivity index (χ3n) is 6.55. The Kier molecular flexibility index (Phi) is 7.53. The van der Waals surface area contributed by atoms with Gasteiger partial charge in [0.2, 0.25) is 5.91 Å². The van der Waals surface area contributed by atoms with Gasteiger partial charge in [0.15, 0.2) is 11.5 Å². The zero-order valence-corrected chi connectivity index (χ0v) is 19.3. The van der Waals surface area contributed by atoms with Crippen LogP contribution in [0.2, 0.25) is 0 Å². The van der Waals surface area contributed by atoms with Gasteiger partial charge >= 0.3 is 0 Å². The lowest BCUT2D eigenvalue weighted by Crippen LogP contribution is -2.57. The molecule has 1 saturated carbocycles. The molecule has 0 aromatic heterocycles. The van der Waals surface area contributed by atoms with Gasteiger partial charge in [0, 0.05) is 31.4 Å². The van der Waals surface area contributed by atoms with Gasteiger partial charge in [0.05, 0.1) is 25.8 Å². The quantitative estimate of drug-likeness (QED) is 0.685. The second-order valence-corrected chi connectivity index (χ2v) is 8.77. The maximum atomic E-state index is 12.8. The first-order chi connectivity index (χ1) is 15.7. The Hall–Kier alpha value is -2.73. The molecule has 1 N–H and O–H groups in total. The summed E-state index contributed by atoms with van der Waals surface area (Å²) in [5.74, 6) is 1.77. The van der Waals surface area contributed by atoms with Crippen LogP contribution in [0.4, 0.5) is 5.69 Å². The number of rotatable bonds is 8. The fourth-order valence-electron chi connectivity index (χ4n) is 4.87. The number of hydrogen-bond acceptors (Lipinski definition) is 5. The first-order valence-electron chi connectivity index (χ1n) is 11.8. The van der Waals surface area contributed by atoms with Crippen LogP contribution < -0.4 is 19.7 Å². The number of nitrogens with one attached hydrogen (secondary N) is 1. The Labute approximate surface area is 191 Å². The molecule has 32 heavy (non-hydrogen) atoms. The molecule has 1 saturated heterocycles. The molecule has 1 amide bonds. The number of anilines is 1. The van der Waals surface area contributed by atoms with Crippen LogP contribution in [-0.4, -0.2) is 63.3 Å². The summed E-state index contributed by atoms with van der Waals surface area (Å²) in [4.78, 5) is 17.2. The first kappa shape index (κ1) is 22.5. The summed E-state index contributed by atoms with van der Waals surface area (Å²) in [7, 11) is 3.52. The summed E-state index contributed by atoms with van der Waals surface area (Å²) in [5, 5.41) is 3.01. The number of benzene rings is 2. The number of nitrogens with zero attached hydrogens (tertiary/aromatic N) is 2. The highest BCUT2D eigenvalue weighted by atomic mass is 16.5. The Morgan fingerprint density at radius 1 is 1.06 bits per heavy atom. The summed E-state index contributed by atoms with van der Waals surface area (Å²) in [6.45, 7) is 2.67. The maximum absolute atomic E-state index is 12.8. The summed E-state index contributed by atoms with van der Waals surface area (Å²) in [6.07, 6.45) is 5.81. The van der Waals surface area contributed by atoms with Crippen molar-refractivity contribution in [3.05, 3.63) is 54.1 Å². The average molecular weight is 438 g/mol. The summed E-state index contributed by atoms with van der Waals surface area (Å²) < 4.78 is 11.9. The molecule has 1 aliphatic heterocycles. The van der Waals surface area contributed by atoms with Crippen LogP contribution in [0, 0.1) is 0 Å². The normalized spacial score (nSPS) is 19.2. The molecule has 6 heteroatoms. The van der Waals surface area contributed by atoms with Crippen molar-refractivity contribution in [1.82, 2.24) is 10.2 Å². The van der Waals surface area contributed by atoms with Crippen LogP contribution in [0.5, 0.6) is 11.5 Å². The molecule has 6 nitrogen and oxygen atoms in total. The predicted molar refractivity (Wildman–Crippen MR) is 128 cm³/mol. The summed E-state index contributed by atoms with van der Waals surface area (Å²) >= 11 is 0. The van der Waals surface area contributed by atoms with E-state index in [2.05, 4.69) is 46.6 Å². The van der Waals surface area contributed by atoms with Crippen LogP contribution >= 0.6 is 0 Å². The van der Waals surface area contributed by atoms with Crippen molar-refractivity contribution in [2.24, 2.45) is 0 Å². The van der Waals surface area contributed by atoms with Crippen LogP contribution in [-0.2, 0) is 11.2 Å². The lowest BCUT2D eigenvalue weighted by molar-refractivity contribution is -0.132. The van der Waals surface area contributed by atoms with E-state index in [-0.39, 0.29) is 18.1 Å². The molecule has 1 heterocycles. The minimum Gasteiger partial charge on any atom is -0.493 e. The third-order valence-corrected chi connectivity index (χ3v) is 6.55. The van der Waals surface area contributed by atoms with Crippen molar-refractivity contribution < 1.29 is 14.3 Å². The highest BCUT2D eigenvalue weighted by Gasteiger charge is 2.31. The Morgan fingerprint density at radius 2 is 1.84 bits per heavy atom. The Balaban J connectivity index is 1.53. The zero-order valence-electron chi connectivity index (χ0n) is 19.3. The highest BCUT2D eigenvalue weighted by molar-refractivity contribution is 5.79. The molecule has 2 aromatic rings. The predicted octanol–water partition coefficient (Wildman–Crippen LogP) is 3.50. The van der Waals surface area contributed by atoms with Crippen LogP contribution in [0.15, 0.2) is 48.5 Å². The monoisotopic (exact) mass is 437 g/mol. The van der Waals surface area contributed by atoms with Crippen LogP contribution in [0.25, 0.3) is 0 Å². The number of likely N-dealkylation sites (N-methyl/N-ethyl adjacent to an activating group) is 1. The molecule has 4 rings (SSSR count). The molecule has 1 unspecified atom stereocenters.